The highest BCUT2D eigenvalue weighted by atomic mass is 32.2. The SMILES string of the molecule is Cc1ccc(C(=O)N[C@H](C)C(C)C)cc1S(=O)(=O)N1CCCCC1. The average Bonchev–Trinajstić information content (AvgIpc) is 2.55. The van der Waals surface area contributed by atoms with Gasteiger partial charge in [-0.15, -0.1) is 0 Å². The predicted molar refractivity (Wildman–Crippen MR) is 95.6 cm³/mol. The van der Waals surface area contributed by atoms with Gasteiger partial charge in [-0.25, -0.2) is 8.42 Å². The first kappa shape index (κ1) is 18.9. The van der Waals surface area contributed by atoms with E-state index in [9.17, 15) is 13.2 Å². The third kappa shape index (κ3) is 4.16. The third-order valence-corrected chi connectivity index (χ3v) is 6.78. The largest absolute Gasteiger partial charge is 0.349 e. The number of hydrogen-bond acceptors (Lipinski definition) is 3. The number of nitrogens with zero attached hydrogens (tertiary/aromatic N) is 1. The van der Waals surface area contributed by atoms with Gasteiger partial charge in [-0.1, -0.05) is 26.3 Å². The summed E-state index contributed by atoms with van der Waals surface area (Å²) in [4.78, 5) is 12.7. The molecule has 0 aromatic heterocycles. The lowest BCUT2D eigenvalue weighted by Crippen LogP contribution is -2.37. The van der Waals surface area contributed by atoms with Gasteiger partial charge < -0.3 is 5.32 Å². The molecule has 1 aliphatic rings. The fourth-order valence-corrected chi connectivity index (χ4v) is 4.49. The van der Waals surface area contributed by atoms with Gasteiger partial charge in [0.05, 0.1) is 4.90 Å². The maximum atomic E-state index is 12.9. The molecule has 0 unspecified atom stereocenters. The van der Waals surface area contributed by atoms with E-state index >= 15 is 0 Å². The molecule has 1 saturated heterocycles. The van der Waals surface area contributed by atoms with Crippen LogP contribution in [-0.4, -0.2) is 37.8 Å². The van der Waals surface area contributed by atoms with Crippen LogP contribution < -0.4 is 5.32 Å². The molecule has 1 N–H and O–H groups in total. The zero-order chi connectivity index (χ0) is 17.9. The Bertz CT molecular complexity index is 692. The summed E-state index contributed by atoms with van der Waals surface area (Å²) in [7, 11) is -3.54. The minimum Gasteiger partial charge on any atom is -0.349 e. The summed E-state index contributed by atoms with van der Waals surface area (Å²) >= 11 is 0. The van der Waals surface area contributed by atoms with Crippen molar-refractivity contribution in [1.82, 2.24) is 9.62 Å². The van der Waals surface area contributed by atoms with Crippen LogP contribution in [0.2, 0.25) is 0 Å². The molecule has 24 heavy (non-hydrogen) atoms. The van der Waals surface area contributed by atoms with Gasteiger partial charge in [-0.3, -0.25) is 4.79 Å². The maximum Gasteiger partial charge on any atom is 0.251 e. The Morgan fingerprint density at radius 2 is 1.75 bits per heavy atom. The first-order valence-electron chi connectivity index (χ1n) is 8.65. The van der Waals surface area contributed by atoms with Crippen molar-refractivity contribution in [2.75, 3.05) is 13.1 Å². The molecule has 5 nitrogen and oxygen atoms in total. The van der Waals surface area contributed by atoms with Crippen LogP contribution in [0.25, 0.3) is 0 Å². The van der Waals surface area contributed by atoms with Crippen molar-refractivity contribution in [2.45, 2.75) is 57.9 Å². The van der Waals surface area contributed by atoms with E-state index in [-0.39, 0.29) is 16.8 Å². The highest BCUT2D eigenvalue weighted by molar-refractivity contribution is 7.89. The summed E-state index contributed by atoms with van der Waals surface area (Å²) in [5.41, 5.74) is 1.07. The van der Waals surface area contributed by atoms with Gasteiger partial charge >= 0.3 is 0 Å². The second-order valence-corrected chi connectivity index (χ2v) is 8.86. The van der Waals surface area contributed by atoms with E-state index in [0.29, 0.717) is 30.1 Å². The Labute approximate surface area is 145 Å². The molecule has 1 heterocycles. The van der Waals surface area contributed by atoms with Crippen molar-refractivity contribution in [1.29, 1.82) is 0 Å². The fourth-order valence-electron chi connectivity index (χ4n) is 2.72. The Hall–Kier alpha value is -1.40. The molecule has 0 radical (unpaired) electrons. The zero-order valence-electron chi connectivity index (χ0n) is 15.0. The molecule has 1 aromatic carbocycles. The lowest BCUT2D eigenvalue weighted by molar-refractivity contribution is 0.0930. The maximum absolute atomic E-state index is 12.9. The predicted octanol–water partition coefficient (Wildman–Crippen LogP) is 2.94. The second-order valence-electron chi connectivity index (χ2n) is 6.95. The molecular formula is C18H28N2O3S. The number of carbonyl (C=O) groups excluding carboxylic acids is 1. The zero-order valence-corrected chi connectivity index (χ0v) is 15.8. The molecule has 1 aliphatic heterocycles. The normalized spacial score (nSPS) is 17.7. The first-order chi connectivity index (χ1) is 11.2. The second kappa shape index (κ2) is 7.66. The molecule has 1 amide bonds. The number of piperidine rings is 1. The highest BCUT2D eigenvalue weighted by Gasteiger charge is 2.28. The van der Waals surface area contributed by atoms with Crippen LogP contribution in [0.3, 0.4) is 0 Å². The average molecular weight is 353 g/mol. The molecule has 2 rings (SSSR count). The number of hydrogen-bond donors (Lipinski definition) is 1. The van der Waals surface area contributed by atoms with E-state index in [1.165, 1.54) is 10.4 Å². The van der Waals surface area contributed by atoms with Gasteiger partial charge in [-0.05, 0) is 50.3 Å². The van der Waals surface area contributed by atoms with Crippen LogP contribution in [0.4, 0.5) is 0 Å². The molecule has 1 aromatic rings. The summed E-state index contributed by atoms with van der Waals surface area (Å²) in [6.45, 7) is 8.90. The number of carbonyl (C=O) groups is 1. The number of sulfonamides is 1. The van der Waals surface area contributed by atoms with Gasteiger partial charge in [0.25, 0.3) is 5.91 Å². The smallest absolute Gasteiger partial charge is 0.251 e. The summed E-state index contributed by atoms with van der Waals surface area (Å²) in [6.07, 6.45) is 2.86. The van der Waals surface area contributed by atoms with Crippen molar-refractivity contribution >= 4 is 15.9 Å². The van der Waals surface area contributed by atoms with Gasteiger partial charge in [0.2, 0.25) is 10.0 Å². The number of benzene rings is 1. The van der Waals surface area contributed by atoms with E-state index in [2.05, 4.69) is 5.32 Å². The van der Waals surface area contributed by atoms with Crippen LogP contribution >= 0.6 is 0 Å². The number of nitrogens with one attached hydrogen (secondary N) is 1. The van der Waals surface area contributed by atoms with E-state index in [1.807, 2.05) is 20.8 Å². The van der Waals surface area contributed by atoms with Crippen LogP contribution in [0.5, 0.6) is 0 Å². The molecule has 1 atom stereocenters. The highest BCUT2D eigenvalue weighted by Crippen LogP contribution is 2.24. The molecule has 0 spiro atoms. The quantitative estimate of drug-likeness (QED) is 0.886. The summed E-state index contributed by atoms with van der Waals surface area (Å²) in [5, 5.41) is 2.93. The Kier molecular flexibility index (Phi) is 6.04. The third-order valence-electron chi connectivity index (χ3n) is 4.74. The van der Waals surface area contributed by atoms with Gasteiger partial charge in [0.15, 0.2) is 0 Å². The number of aryl methyl sites for hydroxylation is 1. The number of amides is 1. The minimum absolute atomic E-state index is 0.0287. The summed E-state index contributed by atoms with van der Waals surface area (Å²) < 4.78 is 27.4. The van der Waals surface area contributed by atoms with Crippen molar-refractivity contribution in [3.05, 3.63) is 29.3 Å². The van der Waals surface area contributed by atoms with E-state index in [0.717, 1.165) is 19.3 Å². The monoisotopic (exact) mass is 352 g/mol. The molecule has 6 heteroatoms. The van der Waals surface area contributed by atoms with Gasteiger partial charge in [-0.2, -0.15) is 4.31 Å². The van der Waals surface area contributed by atoms with Crippen molar-refractivity contribution in [2.24, 2.45) is 5.92 Å². The van der Waals surface area contributed by atoms with Crippen LogP contribution in [0.1, 0.15) is 56.0 Å². The topological polar surface area (TPSA) is 66.5 Å². The van der Waals surface area contributed by atoms with Crippen molar-refractivity contribution in [3.8, 4) is 0 Å². The Morgan fingerprint density at radius 3 is 2.33 bits per heavy atom. The van der Waals surface area contributed by atoms with E-state index in [1.54, 1.807) is 19.1 Å². The van der Waals surface area contributed by atoms with E-state index in [4.69, 9.17) is 0 Å². The van der Waals surface area contributed by atoms with E-state index < -0.39 is 10.0 Å². The minimum atomic E-state index is -3.54. The van der Waals surface area contributed by atoms with Crippen LogP contribution in [0.15, 0.2) is 23.1 Å². The molecule has 134 valence electrons. The molecule has 0 saturated carbocycles. The van der Waals surface area contributed by atoms with Crippen LogP contribution in [-0.2, 0) is 10.0 Å². The van der Waals surface area contributed by atoms with Gasteiger partial charge in [0, 0.05) is 24.7 Å². The standard InChI is InChI=1S/C18H28N2O3S/c1-13(2)15(4)19-18(21)16-9-8-14(3)17(12-16)24(22,23)20-10-6-5-7-11-20/h8-9,12-13,15H,5-7,10-11H2,1-4H3,(H,19,21)/t15-/m1/s1. The fraction of sp³-hybridized carbons (Fsp3) is 0.611. The van der Waals surface area contributed by atoms with Gasteiger partial charge in [0.1, 0.15) is 0 Å². The van der Waals surface area contributed by atoms with Crippen molar-refractivity contribution in [3.63, 3.8) is 0 Å². The lowest BCUT2D eigenvalue weighted by Gasteiger charge is -2.26. The van der Waals surface area contributed by atoms with Crippen molar-refractivity contribution < 1.29 is 13.2 Å². The first-order valence-corrected chi connectivity index (χ1v) is 10.1. The molecule has 1 fully saturated rings. The molecular weight excluding hydrogens is 324 g/mol. The number of rotatable bonds is 5. The summed E-state index contributed by atoms with van der Waals surface area (Å²) in [5.74, 6) is 0.0854. The molecule has 0 aliphatic carbocycles. The molecule has 0 bridgehead atoms. The van der Waals surface area contributed by atoms with Crippen LogP contribution in [0, 0.1) is 12.8 Å². The lowest BCUT2D eigenvalue weighted by atomic mass is 10.1. The summed E-state index contributed by atoms with van der Waals surface area (Å²) in [6, 6.07) is 4.95. The Balaban J connectivity index is 2.29. The Morgan fingerprint density at radius 1 is 1.12 bits per heavy atom.